The van der Waals surface area contributed by atoms with Crippen LogP contribution in [0.5, 0.6) is 5.75 Å². The van der Waals surface area contributed by atoms with Crippen LogP contribution >= 0.6 is 0 Å². The molecule has 0 bridgehead atoms. The predicted octanol–water partition coefficient (Wildman–Crippen LogP) is 1.81. The molecule has 1 aromatic carbocycles. The average molecular weight is 249 g/mol. The maximum Gasteiger partial charge on any atom is 0.165 e. The molecule has 1 aliphatic heterocycles. The van der Waals surface area contributed by atoms with Crippen molar-refractivity contribution in [3.8, 4) is 5.75 Å². The molecule has 2 rings (SSSR count). The molecule has 4 nitrogen and oxygen atoms in total. The Bertz CT molecular complexity index is 398. The maximum absolute atomic E-state index is 5.95. The molecular weight excluding hydrogens is 226 g/mol. The zero-order valence-electron chi connectivity index (χ0n) is 11.5. The molecule has 0 atom stereocenters. The quantitative estimate of drug-likeness (QED) is 0.830. The summed E-state index contributed by atoms with van der Waals surface area (Å²) in [5.41, 5.74) is 7.77. The summed E-state index contributed by atoms with van der Waals surface area (Å²) in [5, 5.41) is 0. The highest BCUT2D eigenvalue weighted by Crippen LogP contribution is 2.34. The molecule has 1 heterocycles. The largest absolute Gasteiger partial charge is 0.492 e. The van der Waals surface area contributed by atoms with Crippen molar-refractivity contribution in [2.75, 3.05) is 43.9 Å². The Morgan fingerprint density at radius 3 is 2.39 bits per heavy atom. The highest BCUT2D eigenvalue weighted by molar-refractivity contribution is 5.70. The summed E-state index contributed by atoms with van der Waals surface area (Å²) in [6, 6.07) is 6.57. The SMILES string of the molecule is COc1c(N)cccc1N1CCN(C(C)C)CC1. The number of hydrogen-bond acceptors (Lipinski definition) is 4. The van der Waals surface area contributed by atoms with E-state index in [0.29, 0.717) is 11.7 Å². The van der Waals surface area contributed by atoms with Crippen LogP contribution < -0.4 is 15.4 Å². The predicted molar refractivity (Wildman–Crippen MR) is 76.3 cm³/mol. The van der Waals surface area contributed by atoms with Crippen LogP contribution in [0.25, 0.3) is 0 Å². The number of anilines is 2. The minimum atomic E-state index is 0.620. The van der Waals surface area contributed by atoms with Crippen molar-refractivity contribution in [2.45, 2.75) is 19.9 Å². The fourth-order valence-corrected chi connectivity index (χ4v) is 2.49. The summed E-state index contributed by atoms with van der Waals surface area (Å²) in [6.45, 7) is 8.73. The zero-order valence-corrected chi connectivity index (χ0v) is 11.5. The maximum atomic E-state index is 5.95. The van der Waals surface area contributed by atoms with E-state index in [1.165, 1.54) is 0 Å². The zero-order chi connectivity index (χ0) is 13.1. The molecule has 0 unspecified atom stereocenters. The van der Waals surface area contributed by atoms with Crippen molar-refractivity contribution >= 4 is 11.4 Å². The van der Waals surface area contributed by atoms with E-state index in [0.717, 1.165) is 37.6 Å². The van der Waals surface area contributed by atoms with Gasteiger partial charge in [-0.1, -0.05) is 6.07 Å². The molecule has 100 valence electrons. The van der Waals surface area contributed by atoms with E-state index in [1.54, 1.807) is 7.11 Å². The molecule has 18 heavy (non-hydrogen) atoms. The lowest BCUT2D eigenvalue weighted by Crippen LogP contribution is -2.49. The topological polar surface area (TPSA) is 41.7 Å². The first-order chi connectivity index (χ1) is 8.63. The van der Waals surface area contributed by atoms with E-state index in [1.807, 2.05) is 12.1 Å². The fourth-order valence-electron chi connectivity index (χ4n) is 2.49. The van der Waals surface area contributed by atoms with Gasteiger partial charge in [-0.3, -0.25) is 4.90 Å². The lowest BCUT2D eigenvalue weighted by atomic mass is 10.2. The van der Waals surface area contributed by atoms with Crippen LogP contribution in [-0.2, 0) is 0 Å². The monoisotopic (exact) mass is 249 g/mol. The number of nitrogens with two attached hydrogens (primary N) is 1. The number of methoxy groups -OCH3 is 1. The summed E-state index contributed by atoms with van der Waals surface area (Å²) >= 11 is 0. The van der Waals surface area contributed by atoms with Gasteiger partial charge in [0.1, 0.15) is 0 Å². The molecule has 0 saturated carbocycles. The second-order valence-corrected chi connectivity index (χ2v) is 5.02. The molecule has 0 aliphatic carbocycles. The third-order valence-corrected chi connectivity index (χ3v) is 3.61. The standard InChI is InChI=1S/C14H23N3O/c1-11(2)16-7-9-17(10-8-16)13-6-4-5-12(15)14(13)18-3/h4-6,11H,7-10,15H2,1-3H3. The van der Waals surface area contributed by atoms with E-state index >= 15 is 0 Å². The molecule has 4 heteroatoms. The van der Waals surface area contributed by atoms with Crippen LogP contribution in [-0.4, -0.2) is 44.2 Å². The third kappa shape index (κ3) is 2.53. The molecule has 1 fully saturated rings. The van der Waals surface area contributed by atoms with E-state index in [2.05, 4.69) is 29.7 Å². The lowest BCUT2D eigenvalue weighted by molar-refractivity contribution is 0.209. The van der Waals surface area contributed by atoms with Crippen LogP contribution in [0.3, 0.4) is 0 Å². The Morgan fingerprint density at radius 2 is 1.83 bits per heavy atom. The van der Waals surface area contributed by atoms with E-state index in [-0.39, 0.29) is 0 Å². The van der Waals surface area contributed by atoms with Crippen LogP contribution in [0.1, 0.15) is 13.8 Å². The molecule has 1 aliphatic rings. The van der Waals surface area contributed by atoms with Crippen LogP contribution in [0.2, 0.25) is 0 Å². The minimum Gasteiger partial charge on any atom is -0.492 e. The summed E-state index contributed by atoms with van der Waals surface area (Å²) in [5.74, 6) is 0.801. The first-order valence-electron chi connectivity index (χ1n) is 6.55. The van der Waals surface area contributed by atoms with Crippen LogP contribution in [0.4, 0.5) is 11.4 Å². The first kappa shape index (κ1) is 13.0. The van der Waals surface area contributed by atoms with Gasteiger partial charge < -0.3 is 15.4 Å². The second-order valence-electron chi connectivity index (χ2n) is 5.02. The molecule has 0 radical (unpaired) electrons. The van der Waals surface area contributed by atoms with Gasteiger partial charge in [0.2, 0.25) is 0 Å². The highest BCUT2D eigenvalue weighted by Gasteiger charge is 2.21. The van der Waals surface area contributed by atoms with Gasteiger partial charge in [0.25, 0.3) is 0 Å². The third-order valence-electron chi connectivity index (χ3n) is 3.61. The van der Waals surface area contributed by atoms with Gasteiger partial charge in [0, 0.05) is 32.2 Å². The molecule has 2 N–H and O–H groups in total. The Morgan fingerprint density at radius 1 is 1.17 bits per heavy atom. The molecular formula is C14H23N3O. The first-order valence-corrected chi connectivity index (χ1v) is 6.55. The van der Waals surface area contributed by atoms with Crippen LogP contribution in [0.15, 0.2) is 18.2 Å². The van der Waals surface area contributed by atoms with Gasteiger partial charge in [0.15, 0.2) is 5.75 Å². The summed E-state index contributed by atoms with van der Waals surface area (Å²) in [4.78, 5) is 4.85. The van der Waals surface area contributed by atoms with Crippen molar-refractivity contribution in [3.05, 3.63) is 18.2 Å². The number of rotatable bonds is 3. The normalized spacial score (nSPS) is 17.2. The van der Waals surface area contributed by atoms with Gasteiger partial charge in [-0.15, -0.1) is 0 Å². The van der Waals surface area contributed by atoms with Crippen molar-refractivity contribution in [1.29, 1.82) is 0 Å². The number of para-hydroxylation sites is 1. The van der Waals surface area contributed by atoms with Crippen molar-refractivity contribution in [2.24, 2.45) is 0 Å². The molecule has 0 spiro atoms. The van der Waals surface area contributed by atoms with Gasteiger partial charge in [-0.25, -0.2) is 0 Å². The number of ether oxygens (including phenoxy) is 1. The van der Waals surface area contributed by atoms with Crippen molar-refractivity contribution in [3.63, 3.8) is 0 Å². The Balaban J connectivity index is 2.12. The number of nitrogens with zero attached hydrogens (tertiary/aromatic N) is 2. The van der Waals surface area contributed by atoms with Gasteiger partial charge in [-0.2, -0.15) is 0 Å². The van der Waals surface area contributed by atoms with Crippen molar-refractivity contribution < 1.29 is 4.74 Å². The second kappa shape index (κ2) is 5.48. The Hall–Kier alpha value is -1.42. The smallest absolute Gasteiger partial charge is 0.165 e. The van der Waals surface area contributed by atoms with Crippen LogP contribution in [0, 0.1) is 0 Å². The fraction of sp³-hybridized carbons (Fsp3) is 0.571. The van der Waals surface area contributed by atoms with Crippen molar-refractivity contribution in [1.82, 2.24) is 4.90 Å². The summed E-state index contributed by atoms with van der Waals surface area (Å²) in [7, 11) is 1.68. The summed E-state index contributed by atoms with van der Waals surface area (Å²) < 4.78 is 5.42. The highest BCUT2D eigenvalue weighted by atomic mass is 16.5. The van der Waals surface area contributed by atoms with Gasteiger partial charge >= 0.3 is 0 Å². The minimum absolute atomic E-state index is 0.620. The number of benzene rings is 1. The summed E-state index contributed by atoms with van der Waals surface area (Å²) in [6.07, 6.45) is 0. The molecule has 0 amide bonds. The average Bonchev–Trinajstić information content (AvgIpc) is 2.38. The number of hydrogen-bond donors (Lipinski definition) is 1. The molecule has 1 aromatic rings. The number of nitrogen functional groups attached to an aromatic ring is 1. The lowest BCUT2D eigenvalue weighted by Gasteiger charge is -2.38. The van der Waals surface area contributed by atoms with Gasteiger partial charge in [0.05, 0.1) is 18.5 Å². The van der Waals surface area contributed by atoms with E-state index in [9.17, 15) is 0 Å². The Kier molecular flexibility index (Phi) is 3.97. The molecule has 1 saturated heterocycles. The number of piperazine rings is 1. The molecule has 0 aromatic heterocycles. The van der Waals surface area contributed by atoms with E-state index < -0.39 is 0 Å². The van der Waals surface area contributed by atoms with E-state index in [4.69, 9.17) is 10.5 Å². The van der Waals surface area contributed by atoms with Gasteiger partial charge in [-0.05, 0) is 26.0 Å². The Labute approximate surface area is 109 Å².